The van der Waals surface area contributed by atoms with Crippen molar-refractivity contribution in [3.05, 3.63) is 5.92 Å². The maximum absolute atomic E-state index is 9.32. The minimum Gasteiger partial charge on any atom is -0.393 e. The highest BCUT2D eigenvalue weighted by Crippen LogP contribution is 2.49. The molecule has 0 aromatic rings. The van der Waals surface area contributed by atoms with Crippen LogP contribution in [0.25, 0.3) is 0 Å². The smallest absolute Gasteiger partial charge is 0.0571 e. The Labute approximate surface area is 56.1 Å². The van der Waals surface area contributed by atoms with Crippen LogP contribution in [0, 0.1) is 17.8 Å². The van der Waals surface area contributed by atoms with E-state index in [4.69, 9.17) is 0 Å². The molecule has 51 valence electrons. The number of aliphatic hydroxyl groups excluding tert-OH is 1. The van der Waals surface area contributed by atoms with E-state index in [-0.39, 0.29) is 6.10 Å². The number of hydrogen-bond donors (Lipinski definition) is 1. The Morgan fingerprint density at radius 3 is 2.56 bits per heavy atom. The summed E-state index contributed by atoms with van der Waals surface area (Å²) in [5, 5.41) is 9.32. The Hall–Kier alpha value is -0.0400. The summed E-state index contributed by atoms with van der Waals surface area (Å²) in [6, 6.07) is 0. The Kier molecular flexibility index (Phi) is 1.10. The molecule has 1 N–H and O–H groups in total. The van der Waals surface area contributed by atoms with Crippen LogP contribution in [-0.4, -0.2) is 11.2 Å². The largest absolute Gasteiger partial charge is 0.393 e. The summed E-state index contributed by atoms with van der Waals surface area (Å²) in [5.74, 6) is 3.05. The Morgan fingerprint density at radius 1 is 1.44 bits per heavy atom. The first-order valence-electron chi connectivity index (χ1n) is 3.78. The van der Waals surface area contributed by atoms with Gasteiger partial charge in [-0.25, -0.2) is 0 Å². The molecule has 2 aliphatic rings. The van der Waals surface area contributed by atoms with Gasteiger partial charge in [0.15, 0.2) is 0 Å². The molecule has 2 bridgehead atoms. The predicted molar refractivity (Wildman–Crippen MR) is 35.8 cm³/mol. The second-order valence-electron chi connectivity index (χ2n) is 3.55. The lowest BCUT2D eigenvalue weighted by atomic mass is 9.89. The standard InChI is InChI=1S/C8H13O/c1-5-2-7-3-6(5)4-8(7)9/h6-9H,2-4H2,1H3. The van der Waals surface area contributed by atoms with Gasteiger partial charge in [0.25, 0.3) is 0 Å². The molecule has 0 saturated heterocycles. The number of aliphatic hydroxyl groups is 1. The zero-order valence-corrected chi connectivity index (χ0v) is 5.80. The summed E-state index contributed by atoms with van der Waals surface area (Å²) in [7, 11) is 0. The van der Waals surface area contributed by atoms with Gasteiger partial charge in [-0.15, -0.1) is 0 Å². The van der Waals surface area contributed by atoms with Crippen LogP contribution in [0.15, 0.2) is 0 Å². The first-order valence-corrected chi connectivity index (χ1v) is 3.78. The summed E-state index contributed by atoms with van der Waals surface area (Å²) in [6.07, 6.45) is 3.56. The van der Waals surface area contributed by atoms with E-state index in [1.165, 1.54) is 12.8 Å². The molecule has 0 aliphatic heterocycles. The molecule has 2 aliphatic carbocycles. The van der Waals surface area contributed by atoms with Crippen molar-refractivity contribution in [3.63, 3.8) is 0 Å². The highest BCUT2D eigenvalue weighted by atomic mass is 16.3. The van der Waals surface area contributed by atoms with Crippen LogP contribution < -0.4 is 0 Å². The fourth-order valence-electron chi connectivity index (χ4n) is 2.30. The molecule has 2 rings (SSSR count). The molecule has 1 radical (unpaired) electrons. The molecule has 0 aromatic carbocycles. The van der Waals surface area contributed by atoms with E-state index in [0.29, 0.717) is 5.92 Å². The first-order chi connectivity index (χ1) is 4.27. The van der Waals surface area contributed by atoms with Crippen molar-refractivity contribution in [3.8, 4) is 0 Å². The second kappa shape index (κ2) is 1.72. The van der Waals surface area contributed by atoms with Gasteiger partial charge in [0.2, 0.25) is 0 Å². The zero-order valence-electron chi connectivity index (χ0n) is 5.80. The molecular weight excluding hydrogens is 112 g/mol. The maximum Gasteiger partial charge on any atom is 0.0571 e. The minimum atomic E-state index is 0.0405. The van der Waals surface area contributed by atoms with Crippen LogP contribution in [0.5, 0.6) is 0 Å². The van der Waals surface area contributed by atoms with E-state index < -0.39 is 0 Å². The average Bonchev–Trinajstić information content (AvgIpc) is 2.24. The lowest BCUT2D eigenvalue weighted by Gasteiger charge is -2.20. The number of fused-ring (bicyclic) bond motifs is 2. The summed E-state index contributed by atoms with van der Waals surface area (Å²) >= 11 is 0. The van der Waals surface area contributed by atoms with E-state index >= 15 is 0 Å². The van der Waals surface area contributed by atoms with Gasteiger partial charge in [0, 0.05) is 0 Å². The van der Waals surface area contributed by atoms with Crippen LogP contribution in [0.3, 0.4) is 0 Å². The number of rotatable bonds is 0. The van der Waals surface area contributed by atoms with Crippen LogP contribution in [0.2, 0.25) is 0 Å². The molecule has 0 heterocycles. The Morgan fingerprint density at radius 2 is 2.22 bits per heavy atom. The van der Waals surface area contributed by atoms with Crippen LogP contribution in [0.4, 0.5) is 0 Å². The molecule has 1 heteroatoms. The van der Waals surface area contributed by atoms with Crippen molar-refractivity contribution in [1.82, 2.24) is 0 Å². The van der Waals surface area contributed by atoms with E-state index in [1.54, 1.807) is 5.92 Å². The van der Waals surface area contributed by atoms with Gasteiger partial charge in [0.1, 0.15) is 0 Å². The molecule has 1 nitrogen and oxygen atoms in total. The fourth-order valence-corrected chi connectivity index (χ4v) is 2.30. The predicted octanol–water partition coefficient (Wildman–Crippen LogP) is 1.37. The maximum atomic E-state index is 9.32. The SMILES string of the molecule is C[C]1CC2CC1CC2O. The highest BCUT2D eigenvalue weighted by Gasteiger charge is 2.43. The molecule has 3 unspecified atom stereocenters. The van der Waals surface area contributed by atoms with E-state index in [0.717, 1.165) is 12.3 Å². The van der Waals surface area contributed by atoms with Crippen LogP contribution >= 0.6 is 0 Å². The third-order valence-corrected chi connectivity index (χ3v) is 2.94. The number of hydrogen-bond acceptors (Lipinski definition) is 1. The van der Waals surface area contributed by atoms with Gasteiger partial charge >= 0.3 is 0 Å². The van der Waals surface area contributed by atoms with Crippen molar-refractivity contribution in [1.29, 1.82) is 0 Å². The van der Waals surface area contributed by atoms with Gasteiger partial charge in [-0.3, -0.25) is 0 Å². The summed E-state index contributed by atoms with van der Waals surface area (Å²) in [6.45, 7) is 2.23. The monoisotopic (exact) mass is 125 g/mol. The van der Waals surface area contributed by atoms with Gasteiger partial charge < -0.3 is 5.11 Å². The Balaban J connectivity index is 2.10. The van der Waals surface area contributed by atoms with Crippen molar-refractivity contribution >= 4 is 0 Å². The van der Waals surface area contributed by atoms with Crippen LogP contribution in [0.1, 0.15) is 26.2 Å². The first kappa shape index (κ1) is 5.72. The fraction of sp³-hybridized carbons (Fsp3) is 0.875. The lowest BCUT2D eigenvalue weighted by molar-refractivity contribution is 0.119. The third kappa shape index (κ3) is 0.710. The summed E-state index contributed by atoms with van der Waals surface area (Å²) in [5.41, 5.74) is 0. The van der Waals surface area contributed by atoms with Gasteiger partial charge in [-0.05, 0) is 37.0 Å². The molecule has 0 aromatic heterocycles. The molecule has 3 atom stereocenters. The molecule has 9 heavy (non-hydrogen) atoms. The third-order valence-electron chi connectivity index (χ3n) is 2.94. The van der Waals surface area contributed by atoms with Gasteiger partial charge in [0.05, 0.1) is 6.10 Å². The van der Waals surface area contributed by atoms with E-state index in [9.17, 15) is 5.11 Å². The van der Waals surface area contributed by atoms with Crippen LogP contribution in [-0.2, 0) is 0 Å². The van der Waals surface area contributed by atoms with E-state index in [2.05, 4.69) is 6.92 Å². The highest BCUT2D eigenvalue weighted by molar-refractivity contribution is 5.08. The molecule has 2 fully saturated rings. The average molecular weight is 125 g/mol. The normalized spacial score (nSPS) is 50.7. The van der Waals surface area contributed by atoms with Gasteiger partial charge in [-0.1, -0.05) is 6.92 Å². The van der Waals surface area contributed by atoms with Crippen molar-refractivity contribution < 1.29 is 5.11 Å². The zero-order chi connectivity index (χ0) is 6.43. The molecule has 0 amide bonds. The lowest BCUT2D eigenvalue weighted by Crippen LogP contribution is -2.18. The van der Waals surface area contributed by atoms with Crippen molar-refractivity contribution in [2.75, 3.05) is 0 Å². The van der Waals surface area contributed by atoms with E-state index in [1.807, 2.05) is 0 Å². The topological polar surface area (TPSA) is 20.2 Å². The molecular formula is C8H13O. The van der Waals surface area contributed by atoms with Gasteiger partial charge in [-0.2, -0.15) is 0 Å². The molecule has 2 saturated carbocycles. The molecule has 0 spiro atoms. The minimum absolute atomic E-state index is 0.0405. The summed E-state index contributed by atoms with van der Waals surface area (Å²) < 4.78 is 0. The summed E-state index contributed by atoms with van der Waals surface area (Å²) in [4.78, 5) is 0. The second-order valence-corrected chi connectivity index (χ2v) is 3.55. The van der Waals surface area contributed by atoms with Crippen molar-refractivity contribution in [2.45, 2.75) is 32.3 Å². The quantitative estimate of drug-likeness (QED) is 0.518. The Bertz CT molecular complexity index is 104. The van der Waals surface area contributed by atoms with Crippen molar-refractivity contribution in [2.24, 2.45) is 11.8 Å².